The lowest BCUT2D eigenvalue weighted by Crippen LogP contribution is -2.14. The smallest absolute Gasteiger partial charge is 0.353 e. The SMILES string of the molecule is CCOC(=O)C(N)=CCC(C)CC. The summed E-state index contributed by atoms with van der Waals surface area (Å²) in [5.74, 6) is 0.152. The second-order valence-electron chi connectivity index (χ2n) is 3.13. The molecule has 0 amide bonds. The van der Waals surface area contributed by atoms with Gasteiger partial charge in [-0.1, -0.05) is 26.3 Å². The quantitative estimate of drug-likeness (QED) is 0.525. The lowest BCUT2D eigenvalue weighted by Gasteiger charge is -2.05. The largest absolute Gasteiger partial charge is 0.461 e. The van der Waals surface area contributed by atoms with Crippen molar-refractivity contribution < 1.29 is 9.53 Å². The average Bonchev–Trinajstić information content (AvgIpc) is 2.13. The summed E-state index contributed by atoms with van der Waals surface area (Å²) in [4.78, 5) is 11.0. The van der Waals surface area contributed by atoms with Crippen LogP contribution in [0.3, 0.4) is 0 Å². The minimum Gasteiger partial charge on any atom is -0.461 e. The minimum atomic E-state index is -0.411. The molecule has 0 spiro atoms. The van der Waals surface area contributed by atoms with Crippen molar-refractivity contribution in [3.05, 3.63) is 11.8 Å². The van der Waals surface area contributed by atoms with E-state index in [-0.39, 0.29) is 5.70 Å². The van der Waals surface area contributed by atoms with Crippen molar-refractivity contribution in [2.45, 2.75) is 33.6 Å². The number of hydrogen-bond donors (Lipinski definition) is 1. The Morgan fingerprint density at radius 2 is 2.15 bits per heavy atom. The van der Waals surface area contributed by atoms with Gasteiger partial charge in [0, 0.05) is 0 Å². The van der Waals surface area contributed by atoms with Crippen LogP contribution < -0.4 is 5.73 Å². The highest BCUT2D eigenvalue weighted by atomic mass is 16.5. The van der Waals surface area contributed by atoms with Gasteiger partial charge in [0.2, 0.25) is 0 Å². The fourth-order valence-corrected chi connectivity index (χ4v) is 0.793. The molecule has 0 saturated heterocycles. The van der Waals surface area contributed by atoms with E-state index in [2.05, 4.69) is 13.8 Å². The highest BCUT2D eigenvalue weighted by Crippen LogP contribution is 2.07. The van der Waals surface area contributed by atoms with Gasteiger partial charge in [0.25, 0.3) is 0 Å². The van der Waals surface area contributed by atoms with Crippen LogP contribution in [0.25, 0.3) is 0 Å². The van der Waals surface area contributed by atoms with Crippen LogP contribution in [0.4, 0.5) is 0 Å². The number of rotatable bonds is 5. The van der Waals surface area contributed by atoms with E-state index in [1.165, 1.54) is 0 Å². The molecule has 1 unspecified atom stereocenters. The van der Waals surface area contributed by atoms with Crippen LogP contribution in [-0.4, -0.2) is 12.6 Å². The maximum Gasteiger partial charge on any atom is 0.353 e. The van der Waals surface area contributed by atoms with Crippen molar-refractivity contribution in [2.24, 2.45) is 11.7 Å². The molecule has 76 valence electrons. The molecule has 0 aliphatic carbocycles. The van der Waals surface area contributed by atoms with Crippen LogP contribution in [0, 0.1) is 5.92 Å². The molecular weight excluding hydrogens is 166 g/mol. The lowest BCUT2D eigenvalue weighted by molar-refractivity contribution is -0.138. The maximum absolute atomic E-state index is 11.0. The van der Waals surface area contributed by atoms with Crippen molar-refractivity contribution in [1.29, 1.82) is 0 Å². The first-order valence-electron chi connectivity index (χ1n) is 4.74. The third kappa shape index (κ3) is 5.28. The molecule has 3 nitrogen and oxygen atoms in total. The first-order chi connectivity index (χ1) is 6.11. The van der Waals surface area contributed by atoms with E-state index in [0.717, 1.165) is 12.8 Å². The molecule has 2 N–H and O–H groups in total. The first kappa shape index (κ1) is 12.0. The fourth-order valence-electron chi connectivity index (χ4n) is 0.793. The van der Waals surface area contributed by atoms with Crippen LogP contribution in [-0.2, 0) is 9.53 Å². The monoisotopic (exact) mass is 185 g/mol. The molecule has 0 aliphatic heterocycles. The zero-order chi connectivity index (χ0) is 10.3. The van der Waals surface area contributed by atoms with E-state index in [1.807, 2.05) is 0 Å². The standard InChI is InChI=1S/C10H19NO2/c1-4-8(3)6-7-9(11)10(12)13-5-2/h7-8H,4-6,11H2,1-3H3. The summed E-state index contributed by atoms with van der Waals surface area (Å²) in [5, 5.41) is 0. The lowest BCUT2D eigenvalue weighted by atomic mass is 10.0. The summed E-state index contributed by atoms with van der Waals surface area (Å²) >= 11 is 0. The van der Waals surface area contributed by atoms with Crippen LogP contribution >= 0.6 is 0 Å². The highest BCUT2D eigenvalue weighted by Gasteiger charge is 2.05. The van der Waals surface area contributed by atoms with Gasteiger partial charge in [-0.15, -0.1) is 0 Å². The van der Waals surface area contributed by atoms with Crippen LogP contribution in [0.15, 0.2) is 11.8 Å². The molecule has 0 radical (unpaired) electrons. The number of nitrogens with two attached hydrogens (primary N) is 1. The molecule has 0 aromatic heterocycles. The molecule has 1 atom stereocenters. The summed E-state index contributed by atoms with van der Waals surface area (Å²) in [6, 6.07) is 0. The molecule has 3 heteroatoms. The van der Waals surface area contributed by atoms with Gasteiger partial charge in [0.05, 0.1) is 6.61 Å². The summed E-state index contributed by atoms with van der Waals surface area (Å²) in [6.07, 6.45) is 3.67. The number of hydrogen-bond acceptors (Lipinski definition) is 3. The van der Waals surface area contributed by atoms with Gasteiger partial charge in [0.1, 0.15) is 5.70 Å². The first-order valence-corrected chi connectivity index (χ1v) is 4.74. The molecule has 0 fully saturated rings. The van der Waals surface area contributed by atoms with E-state index in [0.29, 0.717) is 12.5 Å². The number of carbonyl (C=O) groups excluding carboxylic acids is 1. The minimum absolute atomic E-state index is 0.224. The molecule has 0 rings (SSSR count). The maximum atomic E-state index is 11.0. The van der Waals surface area contributed by atoms with Crippen molar-refractivity contribution in [1.82, 2.24) is 0 Å². The van der Waals surface area contributed by atoms with Crippen molar-refractivity contribution in [2.75, 3.05) is 6.61 Å². The van der Waals surface area contributed by atoms with Crippen molar-refractivity contribution in [3.8, 4) is 0 Å². The van der Waals surface area contributed by atoms with E-state index in [4.69, 9.17) is 10.5 Å². The molecule has 0 aromatic carbocycles. The Kier molecular flexibility index (Phi) is 6.02. The number of esters is 1. The van der Waals surface area contributed by atoms with Crippen LogP contribution in [0.2, 0.25) is 0 Å². The summed E-state index contributed by atoms with van der Waals surface area (Å²) in [7, 11) is 0. The van der Waals surface area contributed by atoms with Crippen LogP contribution in [0.1, 0.15) is 33.6 Å². The second kappa shape index (κ2) is 6.52. The molecule has 0 aliphatic rings. The van der Waals surface area contributed by atoms with Gasteiger partial charge in [-0.2, -0.15) is 0 Å². The summed E-state index contributed by atoms with van der Waals surface area (Å²) in [6.45, 7) is 6.37. The predicted molar refractivity (Wildman–Crippen MR) is 53.0 cm³/mol. The Labute approximate surface area is 79.9 Å². The van der Waals surface area contributed by atoms with Gasteiger partial charge >= 0.3 is 5.97 Å². The molecule has 0 bridgehead atoms. The fraction of sp³-hybridized carbons (Fsp3) is 0.700. The second-order valence-corrected chi connectivity index (χ2v) is 3.13. The summed E-state index contributed by atoms with van der Waals surface area (Å²) in [5.41, 5.74) is 5.72. The van der Waals surface area contributed by atoms with Gasteiger partial charge < -0.3 is 10.5 Å². The Balaban J connectivity index is 3.93. The van der Waals surface area contributed by atoms with Gasteiger partial charge in [-0.3, -0.25) is 0 Å². The average molecular weight is 185 g/mol. The topological polar surface area (TPSA) is 52.3 Å². The highest BCUT2D eigenvalue weighted by molar-refractivity contribution is 5.87. The zero-order valence-electron chi connectivity index (χ0n) is 8.67. The third-order valence-electron chi connectivity index (χ3n) is 1.95. The molecule has 0 aromatic rings. The number of carbonyl (C=O) groups is 1. The van der Waals surface area contributed by atoms with Gasteiger partial charge in [-0.05, 0) is 19.3 Å². The molecule has 13 heavy (non-hydrogen) atoms. The summed E-state index contributed by atoms with van der Waals surface area (Å²) < 4.78 is 4.74. The third-order valence-corrected chi connectivity index (χ3v) is 1.95. The normalized spacial score (nSPS) is 13.9. The van der Waals surface area contributed by atoms with Gasteiger partial charge in [-0.25, -0.2) is 4.79 Å². The van der Waals surface area contributed by atoms with E-state index >= 15 is 0 Å². The van der Waals surface area contributed by atoms with Crippen LogP contribution in [0.5, 0.6) is 0 Å². The van der Waals surface area contributed by atoms with E-state index in [9.17, 15) is 4.79 Å². The van der Waals surface area contributed by atoms with E-state index in [1.54, 1.807) is 13.0 Å². The molecular formula is C10H19NO2. The Morgan fingerprint density at radius 3 is 2.62 bits per heavy atom. The Hall–Kier alpha value is -0.990. The zero-order valence-corrected chi connectivity index (χ0v) is 8.67. The van der Waals surface area contributed by atoms with Crippen molar-refractivity contribution >= 4 is 5.97 Å². The predicted octanol–water partition coefficient (Wildman–Crippen LogP) is 1.83. The van der Waals surface area contributed by atoms with Crippen molar-refractivity contribution in [3.63, 3.8) is 0 Å². The molecule has 0 heterocycles. The Bertz CT molecular complexity index is 187. The Morgan fingerprint density at radius 1 is 1.54 bits per heavy atom. The van der Waals surface area contributed by atoms with E-state index < -0.39 is 5.97 Å². The van der Waals surface area contributed by atoms with Gasteiger partial charge in [0.15, 0.2) is 0 Å². The number of allylic oxidation sites excluding steroid dienone is 1. The number of ether oxygens (including phenoxy) is 1. The molecule has 0 saturated carbocycles.